The number of hydrogen-bond donors (Lipinski definition) is 3. The van der Waals surface area contributed by atoms with E-state index in [-0.39, 0.29) is 11.7 Å². The molecule has 2 aromatic rings. The van der Waals surface area contributed by atoms with Crippen LogP contribution in [0.5, 0.6) is 0 Å². The first kappa shape index (κ1) is 14.6. The van der Waals surface area contributed by atoms with Crippen LogP contribution >= 0.6 is 22.6 Å². The monoisotopic (exact) mass is 385 g/mol. The van der Waals surface area contributed by atoms with Gasteiger partial charge >= 0.3 is 0 Å². The molecule has 1 amide bonds. The number of rotatable bonds is 3. The van der Waals surface area contributed by atoms with E-state index in [1.54, 1.807) is 31.3 Å². The predicted molar refractivity (Wildman–Crippen MR) is 86.6 cm³/mol. The Hall–Kier alpha value is -1.83. The van der Waals surface area contributed by atoms with E-state index in [0.29, 0.717) is 16.9 Å². The summed E-state index contributed by atoms with van der Waals surface area (Å²) in [5, 5.41) is 5.66. The molecule has 0 unspecified atom stereocenters. The molecule has 0 fully saturated rings. The van der Waals surface area contributed by atoms with Crippen LogP contribution < -0.4 is 16.4 Å². The summed E-state index contributed by atoms with van der Waals surface area (Å²) < 4.78 is 13.8. The Morgan fingerprint density at radius 2 is 1.90 bits per heavy atom. The van der Waals surface area contributed by atoms with E-state index < -0.39 is 0 Å². The van der Waals surface area contributed by atoms with Crippen molar-refractivity contribution in [2.24, 2.45) is 0 Å². The molecule has 4 N–H and O–H groups in total. The number of hydrogen-bond acceptors (Lipinski definition) is 3. The molecule has 0 atom stereocenters. The van der Waals surface area contributed by atoms with Gasteiger partial charge in [0.25, 0.3) is 5.91 Å². The van der Waals surface area contributed by atoms with Gasteiger partial charge in [0.2, 0.25) is 0 Å². The van der Waals surface area contributed by atoms with Crippen molar-refractivity contribution in [1.82, 2.24) is 5.32 Å². The number of amides is 1. The van der Waals surface area contributed by atoms with Crippen molar-refractivity contribution in [3.8, 4) is 0 Å². The number of anilines is 3. The van der Waals surface area contributed by atoms with Crippen LogP contribution in [0.25, 0.3) is 0 Å². The van der Waals surface area contributed by atoms with E-state index in [9.17, 15) is 9.18 Å². The molecule has 4 nitrogen and oxygen atoms in total. The summed E-state index contributed by atoms with van der Waals surface area (Å²) in [4.78, 5) is 11.5. The number of carbonyl (C=O) groups excluding carboxylic acids is 1. The number of benzene rings is 2. The van der Waals surface area contributed by atoms with Crippen LogP contribution in [-0.4, -0.2) is 13.0 Å². The quantitative estimate of drug-likeness (QED) is 0.562. The van der Waals surface area contributed by atoms with Crippen molar-refractivity contribution in [1.29, 1.82) is 0 Å². The van der Waals surface area contributed by atoms with Crippen molar-refractivity contribution < 1.29 is 9.18 Å². The van der Waals surface area contributed by atoms with Crippen LogP contribution in [0.15, 0.2) is 36.4 Å². The third-order valence-electron chi connectivity index (χ3n) is 2.74. The minimum Gasteiger partial charge on any atom is -0.397 e. The highest BCUT2D eigenvalue weighted by molar-refractivity contribution is 14.1. The van der Waals surface area contributed by atoms with Gasteiger partial charge in [0.15, 0.2) is 0 Å². The Labute approximate surface area is 129 Å². The van der Waals surface area contributed by atoms with E-state index in [1.807, 2.05) is 22.6 Å². The molecule has 2 aromatic carbocycles. The van der Waals surface area contributed by atoms with Crippen molar-refractivity contribution in [2.75, 3.05) is 18.1 Å². The number of carbonyl (C=O) groups is 1. The second kappa shape index (κ2) is 6.08. The average Bonchev–Trinajstić information content (AvgIpc) is 2.42. The normalized spacial score (nSPS) is 10.2. The molecule has 0 saturated heterocycles. The fourth-order valence-corrected chi connectivity index (χ4v) is 2.31. The van der Waals surface area contributed by atoms with Crippen molar-refractivity contribution in [3.05, 3.63) is 51.3 Å². The molecule has 0 radical (unpaired) electrons. The van der Waals surface area contributed by atoms with Crippen molar-refractivity contribution in [3.63, 3.8) is 0 Å². The molecule has 2 rings (SSSR count). The van der Waals surface area contributed by atoms with Gasteiger partial charge in [-0.15, -0.1) is 0 Å². The third kappa shape index (κ3) is 3.19. The fraction of sp³-hybridized carbons (Fsp3) is 0.0714. The molecule has 0 spiro atoms. The van der Waals surface area contributed by atoms with Gasteiger partial charge in [0, 0.05) is 16.2 Å². The summed E-state index contributed by atoms with van der Waals surface area (Å²) >= 11 is 2.04. The zero-order valence-electron chi connectivity index (χ0n) is 10.7. The average molecular weight is 385 g/mol. The van der Waals surface area contributed by atoms with Crippen molar-refractivity contribution >= 4 is 45.6 Å². The number of nitrogens with one attached hydrogen (secondary N) is 2. The highest BCUT2D eigenvalue weighted by Gasteiger charge is 2.08. The first-order valence-electron chi connectivity index (χ1n) is 5.85. The predicted octanol–water partition coefficient (Wildman–Crippen LogP) is 3.12. The maximum absolute atomic E-state index is 13.0. The zero-order valence-corrected chi connectivity index (χ0v) is 12.9. The van der Waals surface area contributed by atoms with E-state index >= 15 is 0 Å². The lowest BCUT2D eigenvalue weighted by Crippen LogP contribution is -2.18. The minimum absolute atomic E-state index is 0.195. The standard InChI is InChI=1S/C14H13FIN3O/c1-18-14(20)8-2-4-13(11(17)6-8)19-12-5-3-9(15)7-10(12)16/h2-7,19H,17H2,1H3,(H,18,20). The lowest BCUT2D eigenvalue weighted by molar-refractivity contribution is 0.0963. The molecule has 0 aliphatic heterocycles. The van der Waals surface area contributed by atoms with Crippen LogP contribution in [-0.2, 0) is 0 Å². The Kier molecular flexibility index (Phi) is 4.43. The zero-order chi connectivity index (χ0) is 14.7. The Balaban J connectivity index is 2.28. The van der Waals surface area contributed by atoms with Crippen molar-refractivity contribution in [2.45, 2.75) is 0 Å². The second-order valence-corrected chi connectivity index (χ2v) is 5.29. The number of nitrogens with two attached hydrogens (primary N) is 1. The van der Waals surface area contributed by atoms with E-state index in [2.05, 4.69) is 10.6 Å². The lowest BCUT2D eigenvalue weighted by Gasteiger charge is -2.12. The molecule has 0 aliphatic carbocycles. The highest BCUT2D eigenvalue weighted by Crippen LogP contribution is 2.27. The maximum Gasteiger partial charge on any atom is 0.251 e. The first-order chi connectivity index (χ1) is 9.51. The molecule has 0 heterocycles. The largest absolute Gasteiger partial charge is 0.397 e. The van der Waals surface area contributed by atoms with Crippen LogP contribution in [0.3, 0.4) is 0 Å². The lowest BCUT2D eigenvalue weighted by atomic mass is 10.1. The molecule has 20 heavy (non-hydrogen) atoms. The van der Waals surface area contributed by atoms with E-state index in [1.165, 1.54) is 12.1 Å². The van der Waals surface area contributed by atoms with Gasteiger partial charge in [-0.1, -0.05) is 0 Å². The van der Waals surface area contributed by atoms with Gasteiger partial charge in [-0.2, -0.15) is 0 Å². The Bertz CT molecular complexity index is 661. The van der Waals surface area contributed by atoms with Crippen LogP contribution in [0, 0.1) is 9.39 Å². The summed E-state index contributed by atoms with van der Waals surface area (Å²) in [6, 6.07) is 9.44. The molecule has 0 aromatic heterocycles. The fourth-order valence-electron chi connectivity index (χ4n) is 1.70. The SMILES string of the molecule is CNC(=O)c1ccc(Nc2ccc(F)cc2I)c(N)c1. The van der Waals surface area contributed by atoms with Gasteiger partial charge in [-0.25, -0.2) is 4.39 Å². The molecule has 0 saturated carbocycles. The Morgan fingerprint density at radius 1 is 1.20 bits per heavy atom. The van der Waals surface area contributed by atoms with Crippen LogP contribution in [0.1, 0.15) is 10.4 Å². The van der Waals surface area contributed by atoms with E-state index in [0.717, 1.165) is 9.26 Å². The minimum atomic E-state index is -0.289. The molecule has 104 valence electrons. The summed E-state index contributed by atoms with van der Waals surface area (Å²) in [6.45, 7) is 0. The van der Waals surface area contributed by atoms with Gasteiger partial charge in [-0.05, 0) is 59.0 Å². The first-order valence-corrected chi connectivity index (χ1v) is 6.93. The molecular formula is C14H13FIN3O. The molecule has 6 heteroatoms. The van der Waals surface area contributed by atoms with Crippen LogP contribution in [0.4, 0.5) is 21.5 Å². The summed E-state index contributed by atoms with van der Waals surface area (Å²) in [5.41, 5.74) is 8.29. The second-order valence-electron chi connectivity index (χ2n) is 4.13. The summed E-state index contributed by atoms with van der Waals surface area (Å²) in [5.74, 6) is -0.484. The topological polar surface area (TPSA) is 67.2 Å². The van der Waals surface area contributed by atoms with Gasteiger partial charge in [0.1, 0.15) is 5.82 Å². The molecule has 0 bridgehead atoms. The summed E-state index contributed by atoms with van der Waals surface area (Å²) in [7, 11) is 1.56. The van der Waals surface area contributed by atoms with E-state index in [4.69, 9.17) is 5.73 Å². The molecule has 0 aliphatic rings. The number of nitrogen functional groups attached to an aromatic ring is 1. The third-order valence-corrected chi connectivity index (χ3v) is 3.63. The smallest absolute Gasteiger partial charge is 0.251 e. The Morgan fingerprint density at radius 3 is 2.50 bits per heavy atom. The van der Waals surface area contributed by atoms with Crippen LogP contribution in [0.2, 0.25) is 0 Å². The molecular weight excluding hydrogens is 372 g/mol. The van der Waals surface area contributed by atoms with Gasteiger partial charge in [-0.3, -0.25) is 4.79 Å². The van der Waals surface area contributed by atoms with Gasteiger partial charge in [0.05, 0.1) is 17.1 Å². The number of halogens is 2. The maximum atomic E-state index is 13.0. The van der Waals surface area contributed by atoms with Gasteiger partial charge < -0.3 is 16.4 Å². The summed E-state index contributed by atoms with van der Waals surface area (Å²) in [6.07, 6.45) is 0. The highest BCUT2D eigenvalue weighted by atomic mass is 127.